The minimum Gasteiger partial charge on any atom is -0.494 e. The summed E-state index contributed by atoms with van der Waals surface area (Å²) in [6, 6.07) is 16.6. The number of benzene rings is 2. The van der Waals surface area contributed by atoms with E-state index in [1.807, 2.05) is 0 Å². The molecular formula is C26H19Cl2N3O5S. The zero-order valence-electron chi connectivity index (χ0n) is 19.2. The largest absolute Gasteiger partial charge is 0.494 e. The number of methoxy groups -OCH3 is 1. The summed E-state index contributed by atoms with van der Waals surface area (Å²) in [5, 5.41) is 9.20. The first-order valence-corrected chi connectivity index (χ1v) is 11.9. The maximum atomic E-state index is 12.3. The molecule has 0 aliphatic carbocycles. The first kappa shape index (κ1) is 26.0. The van der Waals surface area contributed by atoms with Gasteiger partial charge >= 0.3 is 0 Å². The average Bonchev–Trinajstić information content (AvgIpc) is 3.56. The number of rotatable bonds is 7. The Morgan fingerprint density at radius 1 is 1.00 bits per heavy atom. The molecule has 0 radical (unpaired) electrons. The third kappa shape index (κ3) is 7.01. The summed E-state index contributed by atoms with van der Waals surface area (Å²) in [6.45, 7) is 0. The lowest BCUT2D eigenvalue weighted by Crippen LogP contribution is -2.32. The van der Waals surface area contributed by atoms with Crippen molar-refractivity contribution in [2.24, 2.45) is 0 Å². The van der Waals surface area contributed by atoms with Crippen LogP contribution in [0.5, 0.6) is 5.75 Å². The monoisotopic (exact) mass is 555 g/mol. The third-order valence-corrected chi connectivity index (χ3v) is 5.50. The molecule has 0 atom stereocenters. The fraction of sp³-hybridized carbons (Fsp3) is 0.0385. The molecule has 0 fully saturated rings. The third-order valence-electron chi connectivity index (χ3n) is 4.86. The quantitative estimate of drug-likeness (QED) is 0.173. The fourth-order valence-electron chi connectivity index (χ4n) is 3.23. The summed E-state index contributed by atoms with van der Waals surface area (Å²) < 4.78 is 16.2. The van der Waals surface area contributed by atoms with E-state index in [4.69, 9.17) is 49.0 Å². The van der Waals surface area contributed by atoms with Crippen LogP contribution < -0.4 is 20.7 Å². The van der Waals surface area contributed by atoms with Gasteiger partial charge in [0.1, 0.15) is 17.3 Å². The van der Waals surface area contributed by atoms with E-state index in [1.165, 1.54) is 25.5 Å². The summed E-state index contributed by atoms with van der Waals surface area (Å²) in [4.78, 5) is 24.5. The van der Waals surface area contributed by atoms with Crippen LogP contribution in [-0.2, 0) is 4.79 Å². The van der Waals surface area contributed by atoms with E-state index in [0.29, 0.717) is 44.3 Å². The first-order chi connectivity index (χ1) is 17.8. The second-order valence-corrected chi connectivity index (χ2v) is 8.76. The van der Waals surface area contributed by atoms with Gasteiger partial charge in [-0.25, -0.2) is 0 Å². The van der Waals surface area contributed by atoms with Crippen LogP contribution in [0, 0.1) is 0 Å². The van der Waals surface area contributed by atoms with E-state index < -0.39 is 11.8 Å². The Morgan fingerprint density at radius 3 is 2.49 bits per heavy atom. The lowest BCUT2D eigenvalue weighted by atomic mass is 10.2. The molecule has 0 aliphatic rings. The van der Waals surface area contributed by atoms with Crippen molar-refractivity contribution in [3.05, 3.63) is 94.6 Å². The Kier molecular flexibility index (Phi) is 8.29. The lowest BCUT2D eigenvalue weighted by Gasteiger charge is -2.13. The Labute approximate surface area is 227 Å². The Balaban J connectivity index is 1.33. The molecular weight excluding hydrogens is 537 g/mol. The molecule has 2 aromatic carbocycles. The summed E-state index contributed by atoms with van der Waals surface area (Å²) in [5.74, 6) is 0.681. The number of hydrogen-bond acceptors (Lipinski definition) is 6. The van der Waals surface area contributed by atoms with Gasteiger partial charge in [0, 0.05) is 33.4 Å². The van der Waals surface area contributed by atoms with Crippen molar-refractivity contribution in [2.45, 2.75) is 0 Å². The van der Waals surface area contributed by atoms with Gasteiger partial charge in [-0.05, 0) is 72.9 Å². The van der Waals surface area contributed by atoms with Gasteiger partial charge in [-0.3, -0.25) is 14.9 Å². The fourth-order valence-corrected chi connectivity index (χ4v) is 3.98. The normalized spacial score (nSPS) is 10.8. The molecule has 0 spiro atoms. The van der Waals surface area contributed by atoms with Crippen molar-refractivity contribution in [2.75, 3.05) is 17.7 Å². The van der Waals surface area contributed by atoms with E-state index in [9.17, 15) is 9.59 Å². The van der Waals surface area contributed by atoms with E-state index in [0.717, 1.165) is 0 Å². The Bertz CT molecular complexity index is 1460. The Hall–Kier alpha value is -4.05. The van der Waals surface area contributed by atoms with Gasteiger partial charge in [-0.1, -0.05) is 23.2 Å². The SMILES string of the molecule is COc1cc(NC(=S)NC(=O)/C=C/c2ccc(-c3cc(Cl)cc(Cl)c3)o2)ccc1NC(=O)c1ccco1. The highest BCUT2D eigenvalue weighted by Crippen LogP contribution is 2.30. The van der Waals surface area contributed by atoms with Crippen LogP contribution in [0.25, 0.3) is 17.4 Å². The Morgan fingerprint density at radius 2 is 1.78 bits per heavy atom. The molecule has 2 heterocycles. The number of ether oxygens (including phenoxy) is 1. The number of furan rings is 2. The minimum absolute atomic E-state index is 0.0674. The van der Waals surface area contributed by atoms with E-state index in [-0.39, 0.29) is 10.9 Å². The van der Waals surface area contributed by atoms with Gasteiger partial charge in [-0.2, -0.15) is 0 Å². The molecule has 8 nitrogen and oxygen atoms in total. The van der Waals surface area contributed by atoms with Crippen LogP contribution >= 0.6 is 35.4 Å². The molecule has 2 aromatic heterocycles. The number of amides is 2. The highest BCUT2D eigenvalue weighted by Gasteiger charge is 2.13. The molecule has 0 bridgehead atoms. The molecule has 0 saturated heterocycles. The highest BCUT2D eigenvalue weighted by molar-refractivity contribution is 7.80. The molecule has 0 aliphatic heterocycles. The second-order valence-electron chi connectivity index (χ2n) is 7.48. The molecule has 0 saturated carbocycles. The van der Waals surface area contributed by atoms with E-state index >= 15 is 0 Å². The van der Waals surface area contributed by atoms with Gasteiger partial charge in [0.05, 0.1) is 19.1 Å². The van der Waals surface area contributed by atoms with Crippen LogP contribution in [-0.4, -0.2) is 24.0 Å². The van der Waals surface area contributed by atoms with Crippen molar-refractivity contribution in [1.82, 2.24) is 5.32 Å². The number of thiocarbonyl (C=S) groups is 1. The maximum Gasteiger partial charge on any atom is 0.291 e. The molecule has 4 aromatic rings. The maximum absolute atomic E-state index is 12.3. The number of halogens is 2. The number of carbonyl (C=O) groups is 2. The summed E-state index contributed by atoms with van der Waals surface area (Å²) in [7, 11) is 1.47. The summed E-state index contributed by atoms with van der Waals surface area (Å²) in [6.07, 6.45) is 4.20. The molecule has 2 amide bonds. The molecule has 0 unspecified atom stereocenters. The average molecular weight is 556 g/mol. The minimum atomic E-state index is -0.462. The van der Waals surface area contributed by atoms with Gasteiger partial charge in [-0.15, -0.1) is 0 Å². The van der Waals surface area contributed by atoms with Gasteiger partial charge in [0.2, 0.25) is 5.91 Å². The zero-order valence-corrected chi connectivity index (χ0v) is 21.5. The highest BCUT2D eigenvalue weighted by atomic mass is 35.5. The van der Waals surface area contributed by atoms with Crippen molar-refractivity contribution in [3.8, 4) is 17.1 Å². The van der Waals surface area contributed by atoms with Gasteiger partial charge < -0.3 is 24.2 Å². The number of anilines is 2. The standard InChI is InChI=1S/C26H19Cl2N3O5S/c1-34-23-14-18(4-7-20(23)30-25(33)22-3-2-10-35-22)29-26(37)31-24(32)9-6-19-5-8-21(36-19)15-11-16(27)13-17(28)12-15/h2-14H,1H3,(H,30,33)(H2,29,31,32,37)/b9-6+. The van der Waals surface area contributed by atoms with Gasteiger partial charge in [0.25, 0.3) is 5.91 Å². The number of hydrogen-bond donors (Lipinski definition) is 3. The van der Waals surface area contributed by atoms with Crippen LogP contribution in [0.1, 0.15) is 16.3 Å². The second kappa shape index (κ2) is 11.8. The van der Waals surface area contributed by atoms with Crippen molar-refractivity contribution < 1.29 is 23.2 Å². The molecule has 11 heteroatoms. The van der Waals surface area contributed by atoms with Crippen LogP contribution in [0.15, 0.2) is 81.8 Å². The van der Waals surface area contributed by atoms with E-state index in [1.54, 1.807) is 60.7 Å². The van der Waals surface area contributed by atoms with Crippen LogP contribution in [0.3, 0.4) is 0 Å². The lowest BCUT2D eigenvalue weighted by molar-refractivity contribution is -0.115. The van der Waals surface area contributed by atoms with Crippen molar-refractivity contribution in [3.63, 3.8) is 0 Å². The first-order valence-electron chi connectivity index (χ1n) is 10.7. The molecule has 37 heavy (non-hydrogen) atoms. The predicted molar refractivity (Wildman–Crippen MR) is 147 cm³/mol. The number of carbonyl (C=O) groups excluding carboxylic acids is 2. The van der Waals surface area contributed by atoms with Gasteiger partial charge in [0.15, 0.2) is 10.9 Å². The van der Waals surface area contributed by atoms with Crippen LogP contribution in [0.2, 0.25) is 10.0 Å². The summed E-state index contributed by atoms with van der Waals surface area (Å²) >= 11 is 17.3. The zero-order chi connectivity index (χ0) is 26.4. The predicted octanol–water partition coefficient (Wildman–Crippen LogP) is 6.63. The van der Waals surface area contributed by atoms with Crippen molar-refractivity contribution >= 4 is 69.8 Å². The number of nitrogens with one attached hydrogen (secondary N) is 3. The summed E-state index contributed by atoms with van der Waals surface area (Å²) in [5.41, 5.74) is 1.69. The van der Waals surface area contributed by atoms with Crippen molar-refractivity contribution in [1.29, 1.82) is 0 Å². The molecule has 3 N–H and O–H groups in total. The molecule has 4 rings (SSSR count). The molecule has 188 valence electrons. The smallest absolute Gasteiger partial charge is 0.291 e. The topological polar surface area (TPSA) is 106 Å². The van der Waals surface area contributed by atoms with E-state index in [2.05, 4.69) is 16.0 Å². The van der Waals surface area contributed by atoms with Crippen LogP contribution in [0.4, 0.5) is 11.4 Å².